The molecule has 1 aliphatic rings. The van der Waals surface area contributed by atoms with Gasteiger partial charge < -0.3 is 20.3 Å². The third kappa shape index (κ3) is 6.93. The second-order valence-corrected chi connectivity index (χ2v) is 8.11. The minimum absolute atomic E-state index is 0.0172. The maximum atomic E-state index is 12.2. The lowest BCUT2D eigenvalue weighted by Crippen LogP contribution is -2.27. The number of benzene rings is 2. The molecule has 176 valence electrons. The van der Waals surface area contributed by atoms with E-state index < -0.39 is 11.0 Å². The first kappa shape index (κ1) is 24.0. The van der Waals surface area contributed by atoms with E-state index in [0.29, 0.717) is 30.9 Å². The number of ether oxygens (including phenoxy) is 1. The lowest BCUT2D eigenvalue weighted by Gasteiger charge is -2.23. The van der Waals surface area contributed by atoms with Crippen LogP contribution in [0.25, 0.3) is 0 Å². The van der Waals surface area contributed by atoms with Crippen molar-refractivity contribution in [1.29, 1.82) is 0 Å². The second kappa shape index (κ2) is 11.8. The summed E-state index contributed by atoms with van der Waals surface area (Å²) >= 11 is 0. The van der Waals surface area contributed by atoms with Crippen LogP contribution in [-0.4, -0.2) is 36.1 Å². The molecule has 2 amide bonds. The summed E-state index contributed by atoms with van der Waals surface area (Å²) in [4.78, 5) is 36.8. The fourth-order valence-electron chi connectivity index (χ4n) is 3.81. The molecule has 1 atom stereocenters. The molecule has 0 saturated carbocycles. The molecular weight excluding hydrogens is 424 g/mol. The van der Waals surface area contributed by atoms with Gasteiger partial charge in [-0.1, -0.05) is 36.4 Å². The van der Waals surface area contributed by atoms with Crippen LogP contribution in [-0.2, 0) is 16.1 Å². The van der Waals surface area contributed by atoms with E-state index in [-0.39, 0.29) is 24.2 Å². The molecule has 3 rings (SSSR count). The van der Waals surface area contributed by atoms with E-state index in [1.54, 1.807) is 17.0 Å². The van der Waals surface area contributed by atoms with Gasteiger partial charge in [0.1, 0.15) is 12.3 Å². The van der Waals surface area contributed by atoms with Crippen molar-refractivity contribution < 1.29 is 19.2 Å². The molecule has 2 N–H and O–H groups in total. The fourth-order valence-corrected chi connectivity index (χ4v) is 3.81. The van der Waals surface area contributed by atoms with E-state index in [2.05, 4.69) is 10.6 Å². The molecule has 0 unspecified atom stereocenters. The van der Waals surface area contributed by atoms with E-state index in [1.165, 1.54) is 6.07 Å². The highest BCUT2D eigenvalue weighted by atomic mass is 16.6. The van der Waals surface area contributed by atoms with Gasteiger partial charge in [-0.05, 0) is 44.2 Å². The number of anilines is 2. The summed E-state index contributed by atoms with van der Waals surface area (Å²) in [6.07, 6.45) is 3.06. The Labute approximate surface area is 193 Å². The molecule has 2 aromatic rings. The van der Waals surface area contributed by atoms with Gasteiger partial charge in [0, 0.05) is 31.6 Å². The first-order chi connectivity index (χ1) is 16.0. The van der Waals surface area contributed by atoms with Gasteiger partial charge in [-0.25, -0.2) is 4.79 Å². The lowest BCUT2D eigenvalue weighted by molar-refractivity contribution is -0.383. The summed E-state index contributed by atoms with van der Waals surface area (Å²) in [6, 6.07) is 14.2. The largest absolute Gasteiger partial charge is 0.445 e. The smallest absolute Gasteiger partial charge is 0.407 e. The van der Waals surface area contributed by atoms with Gasteiger partial charge in [-0.3, -0.25) is 14.9 Å². The number of carbonyl (C=O) groups excluding carboxylic acids is 2. The third-order valence-electron chi connectivity index (χ3n) is 5.52. The summed E-state index contributed by atoms with van der Waals surface area (Å²) in [7, 11) is 0. The Morgan fingerprint density at radius 3 is 2.67 bits per heavy atom. The first-order valence-corrected chi connectivity index (χ1v) is 11.2. The third-order valence-corrected chi connectivity index (χ3v) is 5.52. The first-order valence-electron chi connectivity index (χ1n) is 11.2. The molecule has 0 spiro atoms. The summed E-state index contributed by atoms with van der Waals surface area (Å²) in [5.41, 5.74) is 1.83. The molecule has 9 heteroatoms. The van der Waals surface area contributed by atoms with Crippen LogP contribution in [0, 0.1) is 10.1 Å². The number of nitrogens with one attached hydrogen (secondary N) is 2. The van der Waals surface area contributed by atoms with Crippen LogP contribution >= 0.6 is 0 Å². The molecule has 1 fully saturated rings. The molecule has 33 heavy (non-hydrogen) atoms. The standard InChI is InChI=1S/C24H30N4O5/c1-18(9-5-6-15-25-24(30)33-17-19-10-3-2-4-11-19)26-23-20(27-16-8-14-22(27)29)12-7-13-21(23)28(31)32/h2-4,7,10-13,18,26H,5-6,8-9,14-17H2,1H3,(H,25,30)/t18-/m0/s1. The molecule has 9 nitrogen and oxygen atoms in total. The number of nitrogens with zero attached hydrogens (tertiary/aromatic N) is 2. The lowest BCUT2D eigenvalue weighted by atomic mass is 10.1. The average molecular weight is 455 g/mol. The van der Waals surface area contributed by atoms with Crippen molar-refractivity contribution in [3.05, 3.63) is 64.2 Å². The average Bonchev–Trinajstić information content (AvgIpc) is 3.23. The van der Waals surface area contributed by atoms with E-state index in [4.69, 9.17) is 4.74 Å². The van der Waals surface area contributed by atoms with Crippen LogP contribution < -0.4 is 15.5 Å². The molecule has 0 bridgehead atoms. The van der Waals surface area contributed by atoms with Crippen LogP contribution in [0.4, 0.5) is 21.9 Å². The number of nitro benzene ring substituents is 1. The fraction of sp³-hybridized carbons (Fsp3) is 0.417. The number of carbonyl (C=O) groups is 2. The summed E-state index contributed by atoms with van der Waals surface area (Å²) < 4.78 is 5.18. The zero-order valence-corrected chi connectivity index (χ0v) is 18.8. The van der Waals surface area contributed by atoms with Gasteiger partial charge in [-0.15, -0.1) is 0 Å². The van der Waals surface area contributed by atoms with Crippen molar-refractivity contribution in [3.63, 3.8) is 0 Å². The number of alkyl carbamates (subject to hydrolysis) is 1. The van der Waals surface area contributed by atoms with Crippen molar-refractivity contribution in [2.24, 2.45) is 0 Å². The maximum Gasteiger partial charge on any atom is 0.407 e. The molecular formula is C24H30N4O5. The van der Waals surface area contributed by atoms with Crippen LogP contribution in [0.2, 0.25) is 0 Å². The van der Waals surface area contributed by atoms with Crippen molar-refractivity contribution in [3.8, 4) is 0 Å². The number of rotatable bonds is 11. The number of hydrogen-bond donors (Lipinski definition) is 2. The van der Waals surface area contributed by atoms with E-state index in [1.807, 2.05) is 37.3 Å². The quantitative estimate of drug-likeness (QED) is 0.291. The van der Waals surface area contributed by atoms with Gasteiger partial charge in [0.05, 0.1) is 10.6 Å². The summed E-state index contributed by atoms with van der Waals surface area (Å²) in [5.74, 6) is -0.0172. The highest BCUT2D eigenvalue weighted by Crippen LogP contribution is 2.37. The van der Waals surface area contributed by atoms with Gasteiger partial charge in [0.15, 0.2) is 0 Å². The van der Waals surface area contributed by atoms with Crippen LogP contribution in [0.3, 0.4) is 0 Å². The number of unbranched alkanes of at least 4 members (excludes halogenated alkanes) is 1. The molecule has 2 aromatic carbocycles. The van der Waals surface area contributed by atoms with Crippen molar-refractivity contribution >= 4 is 29.1 Å². The van der Waals surface area contributed by atoms with Crippen molar-refractivity contribution in [1.82, 2.24) is 5.32 Å². The topological polar surface area (TPSA) is 114 Å². The highest BCUT2D eigenvalue weighted by molar-refractivity contribution is 6.00. The van der Waals surface area contributed by atoms with Gasteiger partial charge in [0.25, 0.3) is 5.69 Å². The van der Waals surface area contributed by atoms with Crippen molar-refractivity contribution in [2.45, 2.75) is 51.7 Å². The van der Waals surface area contributed by atoms with Crippen molar-refractivity contribution in [2.75, 3.05) is 23.3 Å². The summed E-state index contributed by atoms with van der Waals surface area (Å²) in [5, 5.41) is 17.6. The molecule has 0 aromatic heterocycles. The number of hydrogen-bond acceptors (Lipinski definition) is 6. The predicted octanol–water partition coefficient (Wildman–Crippen LogP) is 4.62. The zero-order valence-electron chi connectivity index (χ0n) is 18.8. The van der Waals surface area contributed by atoms with Gasteiger partial charge in [0.2, 0.25) is 5.91 Å². The Morgan fingerprint density at radius 2 is 1.97 bits per heavy atom. The number of nitro groups is 1. The normalized spacial score (nSPS) is 14.1. The summed E-state index contributed by atoms with van der Waals surface area (Å²) in [6.45, 7) is 3.23. The maximum absolute atomic E-state index is 12.2. The Balaban J connectivity index is 1.45. The molecule has 1 saturated heterocycles. The molecule has 1 aliphatic heterocycles. The van der Waals surface area contributed by atoms with E-state index in [0.717, 1.165) is 31.2 Å². The SMILES string of the molecule is C[C@@H](CCCCNC(=O)OCc1ccccc1)Nc1c(N2CCCC2=O)cccc1[N+](=O)[O-]. The molecule has 0 radical (unpaired) electrons. The van der Waals surface area contributed by atoms with Gasteiger partial charge >= 0.3 is 6.09 Å². The van der Waals surface area contributed by atoms with Crippen LogP contribution in [0.5, 0.6) is 0 Å². The van der Waals surface area contributed by atoms with Crippen LogP contribution in [0.1, 0.15) is 44.6 Å². The minimum atomic E-state index is -0.454. The Hall–Kier alpha value is -3.62. The minimum Gasteiger partial charge on any atom is -0.445 e. The molecule has 1 heterocycles. The molecule has 0 aliphatic carbocycles. The monoisotopic (exact) mass is 454 g/mol. The highest BCUT2D eigenvalue weighted by Gasteiger charge is 2.28. The van der Waals surface area contributed by atoms with Crippen LogP contribution in [0.15, 0.2) is 48.5 Å². The van der Waals surface area contributed by atoms with E-state index >= 15 is 0 Å². The van der Waals surface area contributed by atoms with Gasteiger partial charge in [-0.2, -0.15) is 0 Å². The Bertz CT molecular complexity index is 967. The Morgan fingerprint density at radius 1 is 1.18 bits per heavy atom. The van der Waals surface area contributed by atoms with E-state index in [9.17, 15) is 19.7 Å². The number of amides is 2. The second-order valence-electron chi connectivity index (χ2n) is 8.11. The number of para-hydroxylation sites is 1. The zero-order chi connectivity index (χ0) is 23.6. The Kier molecular flexibility index (Phi) is 8.63. The predicted molar refractivity (Wildman–Crippen MR) is 126 cm³/mol.